The van der Waals surface area contributed by atoms with Crippen LogP contribution in [-0.2, 0) is 65.4 Å². The minimum Gasteiger partial charge on any atom is -0.462 e. The first-order valence-electron chi connectivity index (χ1n) is 43.4. The molecule has 0 fully saturated rings. The predicted molar refractivity (Wildman–Crippen MR) is 454 cm³/mol. The number of phosphoric ester groups is 2. The van der Waals surface area contributed by atoms with E-state index in [1.54, 1.807) is 0 Å². The number of unbranched alkanes of at least 4 members (excludes halogenated alkanes) is 33. The van der Waals surface area contributed by atoms with Crippen LogP contribution in [0.3, 0.4) is 0 Å². The summed E-state index contributed by atoms with van der Waals surface area (Å²) in [5.74, 6) is -2.21. The number of ether oxygens (including phenoxy) is 4. The van der Waals surface area contributed by atoms with Crippen molar-refractivity contribution >= 4 is 39.5 Å². The van der Waals surface area contributed by atoms with Gasteiger partial charge in [0.25, 0.3) is 0 Å². The van der Waals surface area contributed by atoms with Gasteiger partial charge < -0.3 is 33.8 Å². The van der Waals surface area contributed by atoms with Crippen LogP contribution in [0.1, 0.15) is 362 Å². The van der Waals surface area contributed by atoms with E-state index >= 15 is 0 Å². The third-order valence-corrected chi connectivity index (χ3v) is 20.0. The molecule has 632 valence electrons. The molecule has 0 radical (unpaired) electrons. The molecule has 5 atom stereocenters. The summed E-state index contributed by atoms with van der Waals surface area (Å²) >= 11 is 0. The van der Waals surface area contributed by atoms with Gasteiger partial charge in [0.1, 0.15) is 19.3 Å². The van der Waals surface area contributed by atoms with Crippen molar-refractivity contribution in [2.75, 3.05) is 39.6 Å². The average molecular weight is 1580 g/mol. The van der Waals surface area contributed by atoms with E-state index in [1.807, 2.05) is 0 Å². The number of phosphoric acid groups is 2. The molecule has 0 aliphatic heterocycles. The minimum absolute atomic E-state index is 0.0742. The highest BCUT2D eigenvalue weighted by atomic mass is 31.2. The number of carbonyl (C=O) groups is 4. The van der Waals surface area contributed by atoms with Crippen LogP contribution in [-0.4, -0.2) is 96.7 Å². The molecule has 0 aliphatic rings. The van der Waals surface area contributed by atoms with Gasteiger partial charge >= 0.3 is 39.5 Å². The van der Waals surface area contributed by atoms with Gasteiger partial charge in [-0.25, -0.2) is 9.13 Å². The zero-order valence-electron chi connectivity index (χ0n) is 69.4. The highest BCUT2D eigenvalue weighted by Gasteiger charge is 2.30. The van der Waals surface area contributed by atoms with Crippen molar-refractivity contribution in [1.29, 1.82) is 0 Å². The van der Waals surface area contributed by atoms with Crippen molar-refractivity contribution < 1.29 is 80.2 Å². The van der Waals surface area contributed by atoms with Gasteiger partial charge in [0.15, 0.2) is 12.2 Å². The summed E-state index contributed by atoms with van der Waals surface area (Å²) in [7, 11) is -9.98. The third-order valence-electron chi connectivity index (χ3n) is 18.1. The fourth-order valence-electron chi connectivity index (χ4n) is 11.6. The lowest BCUT2D eigenvalue weighted by atomic mass is 10.0. The molecule has 0 bridgehead atoms. The molecular formula is C91H156O17P2. The van der Waals surface area contributed by atoms with Crippen molar-refractivity contribution in [3.63, 3.8) is 0 Å². The van der Waals surface area contributed by atoms with Crippen LogP contribution in [0.5, 0.6) is 0 Å². The first-order chi connectivity index (χ1) is 53.7. The summed E-state index contributed by atoms with van der Waals surface area (Å²) in [6, 6.07) is 0. The van der Waals surface area contributed by atoms with Crippen LogP contribution >= 0.6 is 15.6 Å². The summed E-state index contributed by atoms with van der Waals surface area (Å²) in [4.78, 5) is 73.3. The lowest BCUT2D eigenvalue weighted by Crippen LogP contribution is -2.30. The normalized spacial score (nSPS) is 14.4. The Morgan fingerprint density at radius 3 is 0.745 bits per heavy atom. The number of aliphatic hydroxyl groups excluding tert-OH is 1. The third kappa shape index (κ3) is 81.2. The lowest BCUT2D eigenvalue weighted by Gasteiger charge is -2.21. The van der Waals surface area contributed by atoms with Gasteiger partial charge in [-0.2, -0.15) is 0 Å². The van der Waals surface area contributed by atoms with E-state index < -0.39 is 97.5 Å². The predicted octanol–water partition coefficient (Wildman–Crippen LogP) is 26.0. The van der Waals surface area contributed by atoms with Gasteiger partial charge in [-0.15, -0.1) is 0 Å². The molecular weight excluding hydrogens is 1430 g/mol. The summed E-state index contributed by atoms with van der Waals surface area (Å²) in [5.41, 5.74) is 0. The molecule has 0 spiro atoms. The van der Waals surface area contributed by atoms with Crippen LogP contribution in [0, 0.1) is 0 Å². The molecule has 0 rings (SSSR count). The van der Waals surface area contributed by atoms with E-state index in [9.17, 15) is 43.2 Å². The fraction of sp³-hybridized carbons (Fsp3) is 0.714. The van der Waals surface area contributed by atoms with Crippen molar-refractivity contribution in [3.8, 4) is 0 Å². The van der Waals surface area contributed by atoms with E-state index in [2.05, 4.69) is 161 Å². The monoisotopic (exact) mass is 1580 g/mol. The van der Waals surface area contributed by atoms with E-state index in [-0.39, 0.29) is 25.7 Å². The highest BCUT2D eigenvalue weighted by Crippen LogP contribution is 2.45. The molecule has 0 heterocycles. The molecule has 0 aliphatic carbocycles. The van der Waals surface area contributed by atoms with Crippen LogP contribution in [0.4, 0.5) is 0 Å². The Labute approximate surface area is 669 Å². The molecule has 110 heavy (non-hydrogen) atoms. The molecule has 0 saturated carbocycles. The Balaban J connectivity index is 5.42. The largest absolute Gasteiger partial charge is 0.472 e. The Bertz CT molecular complexity index is 2600. The molecule has 0 saturated heterocycles. The van der Waals surface area contributed by atoms with Crippen molar-refractivity contribution in [3.05, 3.63) is 134 Å². The molecule has 17 nitrogen and oxygen atoms in total. The van der Waals surface area contributed by atoms with E-state index in [0.29, 0.717) is 25.7 Å². The maximum atomic E-state index is 13.2. The quantitative estimate of drug-likeness (QED) is 0.0169. The number of rotatable bonds is 81. The van der Waals surface area contributed by atoms with Gasteiger partial charge in [0.05, 0.1) is 26.4 Å². The topological polar surface area (TPSA) is 237 Å². The number of hydrogen-bond donors (Lipinski definition) is 3. The van der Waals surface area contributed by atoms with Gasteiger partial charge in [-0.1, -0.05) is 328 Å². The van der Waals surface area contributed by atoms with E-state index in [4.69, 9.17) is 37.0 Å². The minimum atomic E-state index is -4.99. The standard InChI is InChI=1S/C91H156O17P2/c1-5-9-13-17-21-25-29-33-37-40-42-45-49-52-56-60-64-68-72-76-89(94)102-82-87(108-91(96)78-74-70-66-62-58-54-50-46-43-41-38-34-30-26-22-18-14-10-6-2)84-106-110(99,100)104-80-85(92)79-103-109(97,98)105-83-86(107-90(95)77-73-69-65-61-57-53-47-36-32-28-24-20-16-12-8-4)81-101-88(93)75-71-67-63-59-55-51-48-44-39-35-31-27-23-19-15-11-7-3/h9,11,13,15,21-23,25-27,33-35,37-39,42-43,45-46,48,51,85-87,92H,5-8,10,12,14,16-20,24,28-32,36,40-41,44,47,49-50,52-84H2,1-4H3,(H,97,98)(H,99,100)/b13-9-,15-11-,25-21-,26-22-,27-23-,37-33-,38-34-,39-35-,45-42-,46-43-,51-48-. The van der Waals surface area contributed by atoms with Gasteiger partial charge in [-0.05, 0) is 141 Å². The van der Waals surface area contributed by atoms with Crippen LogP contribution in [0.2, 0.25) is 0 Å². The molecule has 0 aromatic rings. The number of aliphatic hydroxyl groups is 1. The second-order valence-electron chi connectivity index (χ2n) is 28.7. The first kappa shape index (κ1) is 105. The number of carbonyl (C=O) groups excluding carboxylic acids is 4. The summed E-state index contributed by atoms with van der Waals surface area (Å²) < 4.78 is 68.9. The Morgan fingerprint density at radius 2 is 0.473 bits per heavy atom. The van der Waals surface area contributed by atoms with Crippen LogP contribution in [0.15, 0.2) is 134 Å². The molecule has 19 heteroatoms. The van der Waals surface area contributed by atoms with Gasteiger partial charge in [0.2, 0.25) is 0 Å². The summed E-state index contributed by atoms with van der Waals surface area (Å²) in [6.07, 6.45) is 94.0. The molecule has 0 amide bonds. The first-order valence-corrected chi connectivity index (χ1v) is 46.4. The fourth-order valence-corrected chi connectivity index (χ4v) is 13.1. The zero-order chi connectivity index (χ0) is 80.3. The maximum absolute atomic E-state index is 13.2. The highest BCUT2D eigenvalue weighted by molar-refractivity contribution is 7.47. The Kier molecular flexibility index (Phi) is 78.6. The number of allylic oxidation sites excluding steroid dienone is 22. The van der Waals surface area contributed by atoms with Crippen LogP contribution < -0.4 is 0 Å². The van der Waals surface area contributed by atoms with Gasteiger partial charge in [-0.3, -0.25) is 37.3 Å². The van der Waals surface area contributed by atoms with Crippen molar-refractivity contribution in [1.82, 2.24) is 0 Å². The number of esters is 4. The Morgan fingerprint density at radius 1 is 0.264 bits per heavy atom. The molecule has 0 aromatic heterocycles. The maximum Gasteiger partial charge on any atom is 0.472 e. The van der Waals surface area contributed by atoms with E-state index in [1.165, 1.54) is 83.5 Å². The van der Waals surface area contributed by atoms with Crippen molar-refractivity contribution in [2.24, 2.45) is 0 Å². The van der Waals surface area contributed by atoms with Crippen LogP contribution in [0.25, 0.3) is 0 Å². The summed E-state index contributed by atoms with van der Waals surface area (Å²) in [5, 5.41) is 10.7. The lowest BCUT2D eigenvalue weighted by molar-refractivity contribution is -0.161. The molecule has 3 N–H and O–H groups in total. The van der Waals surface area contributed by atoms with Crippen molar-refractivity contribution in [2.45, 2.75) is 380 Å². The SMILES string of the molecule is CC/C=C\C/C=C\C/C=C\C/C=C\CCCCCCCCC(=O)OCC(COP(=O)(O)OCC(O)COP(=O)(O)OCC(COC(=O)CCCCCC/C=C\C/C=C\C/C=C\C/C=C\CC)OC(=O)CCCCCCCCCCCCCCCCC)OC(=O)CCCCCCCC/C=C\C/C=C\C/C=C\CCCCC. The molecule has 5 unspecified atom stereocenters. The second-order valence-corrected chi connectivity index (χ2v) is 31.6. The molecule has 0 aromatic carbocycles. The van der Waals surface area contributed by atoms with Gasteiger partial charge in [0, 0.05) is 25.7 Å². The Hall–Kier alpha value is -4.80. The average Bonchev–Trinajstić information content (AvgIpc) is 0.900. The summed E-state index contributed by atoms with van der Waals surface area (Å²) in [6.45, 7) is 4.62. The van der Waals surface area contributed by atoms with E-state index in [0.717, 1.165) is 199 Å². The zero-order valence-corrected chi connectivity index (χ0v) is 71.2. The smallest absolute Gasteiger partial charge is 0.462 e. The second kappa shape index (κ2) is 82.2. The number of hydrogen-bond acceptors (Lipinski definition) is 15.